The highest BCUT2D eigenvalue weighted by molar-refractivity contribution is 6.42. The van der Waals surface area contributed by atoms with Crippen molar-refractivity contribution >= 4 is 66.8 Å². The van der Waals surface area contributed by atoms with Crippen LogP contribution in [0.2, 0.25) is 0 Å². The molecule has 8 nitrogen and oxygen atoms in total. The van der Waals surface area contributed by atoms with Gasteiger partial charge in [0, 0.05) is 37.9 Å². The number of carbonyl (C=O) groups is 4. The second-order valence-corrected chi connectivity index (χ2v) is 10.6. The van der Waals surface area contributed by atoms with Crippen LogP contribution in [0, 0.1) is 29.6 Å². The first-order valence-electron chi connectivity index (χ1n) is 13.1. The monoisotopic (exact) mass is 545 g/mol. The van der Waals surface area contributed by atoms with Crippen LogP contribution in [0.4, 0.5) is 0 Å². The lowest BCUT2D eigenvalue weighted by Crippen LogP contribution is -2.39. The highest BCUT2D eigenvalue weighted by Crippen LogP contribution is 2.48. The molecule has 0 aromatic heterocycles. The lowest BCUT2D eigenvalue weighted by atomic mass is 9.80. The first kappa shape index (κ1) is 23.7. The maximum absolute atomic E-state index is 13.9. The van der Waals surface area contributed by atoms with Gasteiger partial charge in [-0.05, 0) is 47.5 Å². The number of cyclic esters (lactones) is 2. The molecule has 0 saturated carbocycles. The summed E-state index contributed by atoms with van der Waals surface area (Å²) in [7, 11) is 0. The van der Waals surface area contributed by atoms with Crippen molar-refractivity contribution in [1.29, 1.82) is 10.5 Å². The molecule has 0 aliphatic carbocycles. The fraction of sp³-hybridized carbons (Fsp3) is 0.0588. The van der Waals surface area contributed by atoms with Gasteiger partial charge in [-0.1, -0.05) is 42.0 Å². The number of amides is 2. The van der Waals surface area contributed by atoms with Crippen LogP contribution in [-0.2, 0) is 11.3 Å². The van der Waals surface area contributed by atoms with E-state index in [1.54, 1.807) is 18.2 Å². The molecular formula is C34H15N3O5. The molecule has 0 bridgehead atoms. The SMILES string of the molecule is Cc1ccc(CN2C(=O)c3ccc4c5c(C#N)cc6c7c(ccc(c8c(C#N)cc(c3c48)C2=O)c75)C(=O)OC6=O)cc1. The molecule has 2 aliphatic rings. The van der Waals surface area contributed by atoms with E-state index in [9.17, 15) is 29.7 Å². The second kappa shape index (κ2) is 7.97. The average Bonchev–Trinajstić information content (AvgIpc) is 3.00. The van der Waals surface area contributed by atoms with E-state index in [0.717, 1.165) is 11.1 Å². The standard InChI is InChI=1S/C34H15N3O5/c1-15-2-4-16(5-3-15)14-37-31(38)21-8-6-19-26-18(13-36)11-24-28-22(33(40)42-34(24)41)9-7-20(30(26)28)25-17(12-35)10-23(32(37)39)27(21)29(19)25/h2-11H,14H2,1H3. The van der Waals surface area contributed by atoms with Crippen LogP contribution < -0.4 is 0 Å². The first-order chi connectivity index (χ1) is 20.3. The number of nitriles is 2. The van der Waals surface area contributed by atoms with E-state index in [-0.39, 0.29) is 34.4 Å². The van der Waals surface area contributed by atoms with Gasteiger partial charge >= 0.3 is 11.9 Å². The van der Waals surface area contributed by atoms with Crippen LogP contribution in [0.3, 0.4) is 0 Å². The smallest absolute Gasteiger partial charge is 0.346 e. The molecule has 0 unspecified atom stereocenters. The van der Waals surface area contributed by atoms with Crippen molar-refractivity contribution in [2.45, 2.75) is 13.5 Å². The molecule has 0 atom stereocenters. The number of esters is 2. The van der Waals surface area contributed by atoms with Gasteiger partial charge in [0.25, 0.3) is 11.8 Å². The summed E-state index contributed by atoms with van der Waals surface area (Å²) >= 11 is 0. The van der Waals surface area contributed by atoms with Crippen LogP contribution in [0.15, 0.2) is 60.7 Å². The quantitative estimate of drug-likeness (QED) is 0.0872. The summed E-state index contributed by atoms with van der Waals surface area (Å²) in [6, 6.07) is 21.4. The summed E-state index contributed by atoms with van der Waals surface area (Å²) in [5, 5.41) is 24.3. The summed E-state index contributed by atoms with van der Waals surface area (Å²) in [6.07, 6.45) is 0. The number of rotatable bonds is 2. The highest BCUT2D eigenvalue weighted by Gasteiger charge is 2.37. The molecular weight excluding hydrogens is 530 g/mol. The number of imide groups is 1. The maximum atomic E-state index is 13.9. The Balaban J connectivity index is 1.52. The fourth-order valence-corrected chi connectivity index (χ4v) is 6.56. The number of nitrogens with zero attached hydrogens (tertiary/aromatic N) is 3. The Morgan fingerprint density at radius 3 is 1.76 bits per heavy atom. The zero-order valence-electron chi connectivity index (χ0n) is 21.9. The minimum atomic E-state index is -0.853. The number of hydrogen-bond acceptors (Lipinski definition) is 7. The molecule has 2 heterocycles. The number of hydrogen-bond donors (Lipinski definition) is 0. The zero-order chi connectivity index (χ0) is 29.0. The van der Waals surface area contributed by atoms with E-state index < -0.39 is 23.8 Å². The van der Waals surface area contributed by atoms with Crippen molar-refractivity contribution in [3.8, 4) is 12.1 Å². The highest BCUT2D eigenvalue weighted by atomic mass is 16.6. The van der Waals surface area contributed by atoms with Crippen LogP contribution in [0.5, 0.6) is 0 Å². The molecule has 6 aromatic carbocycles. The van der Waals surface area contributed by atoms with Gasteiger partial charge in [0.1, 0.15) is 0 Å². The summed E-state index contributed by atoms with van der Waals surface area (Å²) in [4.78, 5) is 54.3. The van der Waals surface area contributed by atoms with Gasteiger partial charge in [0.15, 0.2) is 0 Å². The van der Waals surface area contributed by atoms with E-state index in [2.05, 4.69) is 12.1 Å². The Hall–Kier alpha value is -6.12. The Morgan fingerprint density at radius 2 is 1.14 bits per heavy atom. The van der Waals surface area contributed by atoms with Crippen molar-refractivity contribution in [2.75, 3.05) is 0 Å². The van der Waals surface area contributed by atoms with E-state index in [1.165, 1.54) is 23.1 Å². The number of ether oxygens (including phenoxy) is 1. The Bertz CT molecular complexity index is 2410. The van der Waals surface area contributed by atoms with Gasteiger partial charge in [0.05, 0.1) is 46.5 Å². The lowest BCUT2D eigenvalue weighted by Gasteiger charge is -2.29. The maximum Gasteiger partial charge on any atom is 0.346 e. The van der Waals surface area contributed by atoms with Gasteiger partial charge < -0.3 is 4.74 Å². The fourth-order valence-electron chi connectivity index (χ4n) is 6.56. The van der Waals surface area contributed by atoms with Crippen LogP contribution >= 0.6 is 0 Å². The van der Waals surface area contributed by atoms with Gasteiger partial charge in [-0.3, -0.25) is 14.5 Å². The zero-order valence-corrected chi connectivity index (χ0v) is 21.9. The van der Waals surface area contributed by atoms with E-state index >= 15 is 0 Å². The van der Waals surface area contributed by atoms with Gasteiger partial charge in [0.2, 0.25) is 0 Å². The van der Waals surface area contributed by atoms with Gasteiger partial charge in [-0.15, -0.1) is 0 Å². The number of aryl methyl sites for hydroxylation is 1. The van der Waals surface area contributed by atoms with Crippen LogP contribution in [0.1, 0.15) is 63.7 Å². The molecule has 6 aromatic rings. The number of carbonyl (C=O) groups excluding carboxylic acids is 4. The third-order valence-corrected chi connectivity index (χ3v) is 8.38. The summed E-state index contributed by atoms with van der Waals surface area (Å²) in [6.45, 7) is 2.02. The molecule has 196 valence electrons. The molecule has 0 radical (unpaired) electrons. The summed E-state index contributed by atoms with van der Waals surface area (Å²) in [5.74, 6) is -2.62. The molecule has 2 amide bonds. The van der Waals surface area contributed by atoms with Gasteiger partial charge in [-0.25, -0.2) is 9.59 Å². The third kappa shape index (κ3) is 2.82. The largest absolute Gasteiger partial charge is 0.386 e. The van der Waals surface area contributed by atoms with Crippen LogP contribution in [-0.4, -0.2) is 28.7 Å². The third-order valence-electron chi connectivity index (χ3n) is 8.38. The van der Waals surface area contributed by atoms with Crippen molar-refractivity contribution in [3.63, 3.8) is 0 Å². The molecule has 0 fully saturated rings. The van der Waals surface area contributed by atoms with Crippen LogP contribution in [0.25, 0.3) is 43.1 Å². The Kier molecular flexibility index (Phi) is 4.50. The lowest BCUT2D eigenvalue weighted by molar-refractivity contribution is 0.0390. The molecule has 0 saturated heterocycles. The van der Waals surface area contributed by atoms with E-state index in [0.29, 0.717) is 48.7 Å². The molecule has 0 N–H and O–H groups in total. The second-order valence-electron chi connectivity index (χ2n) is 10.6. The minimum absolute atomic E-state index is 0.0701. The number of benzene rings is 6. The molecule has 8 rings (SSSR count). The minimum Gasteiger partial charge on any atom is -0.386 e. The topological polar surface area (TPSA) is 128 Å². The molecule has 8 heteroatoms. The van der Waals surface area contributed by atoms with Crippen molar-refractivity contribution in [2.24, 2.45) is 0 Å². The Morgan fingerprint density at radius 1 is 0.619 bits per heavy atom. The van der Waals surface area contributed by atoms with Crippen molar-refractivity contribution in [1.82, 2.24) is 4.90 Å². The normalized spacial score (nSPS) is 14.2. The van der Waals surface area contributed by atoms with Gasteiger partial charge in [-0.2, -0.15) is 10.5 Å². The summed E-state index contributed by atoms with van der Waals surface area (Å²) < 4.78 is 4.92. The van der Waals surface area contributed by atoms with E-state index in [4.69, 9.17) is 4.74 Å². The molecule has 0 spiro atoms. The number of fused-ring (bicyclic) bond motifs is 2. The molecule has 2 aliphatic heterocycles. The molecule has 42 heavy (non-hydrogen) atoms. The predicted molar refractivity (Wildman–Crippen MR) is 152 cm³/mol. The van der Waals surface area contributed by atoms with E-state index in [1.807, 2.05) is 31.2 Å². The average molecular weight is 546 g/mol. The summed E-state index contributed by atoms with van der Waals surface area (Å²) in [5.41, 5.74) is 3.01. The first-order valence-corrected chi connectivity index (χ1v) is 13.1. The van der Waals surface area contributed by atoms with Crippen molar-refractivity contribution < 1.29 is 23.9 Å². The van der Waals surface area contributed by atoms with Crippen molar-refractivity contribution in [3.05, 3.63) is 105 Å². The predicted octanol–water partition coefficient (Wildman–Crippen LogP) is 5.90. The Labute approximate surface area is 236 Å².